The molecule has 2 aromatic heterocycles. The summed E-state index contributed by atoms with van der Waals surface area (Å²) in [5, 5.41) is 10.1. The molecule has 4 nitrogen and oxygen atoms in total. The Balaban J connectivity index is 2.94. The van der Waals surface area contributed by atoms with E-state index in [0.717, 1.165) is 0 Å². The molecule has 66 valence electrons. The van der Waals surface area contributed by atoms with E-state index >= 15 is 0 Å². The zero-order chi connectivity index (χ0) is 9.42. The average Bonchev–Trinajstić information content (AvgIpc) is 2.07. The van der Waals surface area contributed by atoms with Gasteiger partial charge in [-0.2, -0.15) is 0 Å². The molecule has 0 aromatic carbocycles. The van der Waals surface area contributed by atoms with Crippen LogP contribution in [0.5, 0.6) is 5.88 Å². The molecule has 0 aliphatic rings. The van der Waals surface area contributed by atoms with Crippen LogP contribution < -0.4 is 0 Å². The Labute approximate surface area is 83.2 Å². The second-order valence-electron chi connectivity index (χ2n) is 2.33. The van der Waals surface area contributed by atoms with Gasteiger partial charge in [-0.15, -0.1) is 0 Å². The number of fused-ring (bicyclic) bond motifs is 1. The molecule has 2 rings (SSSR count). The van der Waals surface area contributed by atoms with E-state index in [1.807, 2.05) is 0 Å². The van der Waals surface area contributed by atoms with E-state index in [4.69, 9.17) is 23.2 Å². The zero-order valence-corrected chi connectivity index (χ0v) is 7.71. The van der Waals surface area contributed by atoms with Gasteiger partial charge in [0.15, 0.2) is 5.15 Å². The second kappa shape index (κ2) is 2.97. The summed E-state index contributed by atoms with van der Waals surface area (Å²) < 4.78 is 0. The molecule has 2 heterocycles. The Morgan fingerprint density at radius 1 is 1.23 bits per heavy atom. The predicted octanol–water partition coefficient (Wildman–Crippen LogP) is 2.04. The van der Waals surface area contributed by atoms with Gasteiger partial charge < -0.3 is 5.11 Å². The van der Waals surface area contributed by atoms with Gasteiger partial charge in [-0.1, -0.05) is 23.2 Å². The Morgan fingerprint density at radius 2 is 2.00 bits per heavy atom. The van der Waals surface area contributed by atoms with Crippen LogP contribution in [-0.2, 0) is 0 Å². The van der Waals surface area contributed by atoms with Crippen molar-refractivity contribution in [3.05, 3.63) is 22.7 Å². The average molecular weight is 216 g/mol. The van der Waals surface area contributed by atoms with Crippen LogP contribution in [0.1, 0.15) is 0 Å². The van der Waals surface area contributed by atoms with Gasteiger partial charge in [-0.3, -0.25) is 0 Å². The Morgan fingerprint density at radius 3 is 2.77 bits per heavy atom. The predicted molar refractivity (Wildman–Crippen MR) is 49.0 cm³/mol. The molecule has 0 aliphatic carbocycles. The molecule has 0 bridgehead atoms. The smallest absolute Gasteiger partial charge is 0.222 e. The lowest BCUT2D eigenvalue weighted by Gasteiger charge is -2.00. The van der Waals surface area contributed by atoms with E-state index in [1.54, 1.807) is 0 Å². The van der Waals surface area contributed by atoms with Crippen LogP contribution in [0.15, 0.2) is 12.4 Å². The van der Waals surface area contributed by atoms with Crippen LogP contribution in [0.25, 0.3) is 10.9 Å². The maximum atomic E-state index is 9.32. The monoisotopic (exact) mass is 215 g/mol. The summed E-state index contributed by atoms with van der Waals surface area (Å²) in [6.07, 6.45) is 1.21. The van der Waals surface area contributed by atoms with E-state index in [1.165, 1.54) is 12.4 Å². The zero-order valence-electron chi connectivity index (χ0n) is 6.20. The summed E-state index contributed by atoms with van der Waals surface area (Å²) >= 11 is 11.4. The highest BCUT2D eigenvalue weighted by molar-refractivity contribution is 6.36. The topological polar surface area (TPSA) is 58.9 Å². The van der Waals surface area contributed by atoms with Crippen molar-refractivity contribution in [1.82, 2.24) is 15.0 Å². The summed E-state index contributed by atoms with van der Waals surface area (Å²) in [6.45, 7) is 0. The first-order valence-electron chi connectivity index (χ1n) is 3.34. The molecule has 0 saturated heterocycles. The number of rotatable bonds is 0. The van der Waals surface area contributed by atoms with E-state index in [2.05, 4.69) is 15.0 Å². The minimum atomic E-state index is -0.156. The molecule has 13 heavy (non-hydrogen) atoms. The van der Waals surface area contributed by atoms with Gasteiger partial charge in [-0.05, 0) is 6.07 Å². The highest BCUT2D eigenvalue weighted by atomic mass is 35.5. The molecule has 0 atom stereocenters. The molecule has 1 N–H and O–H groups in total. The largest absolute Gasteiger partial charge is 0.493 e. The molecule has 2 aromatic rings. The fourth-order valence-corrected chi connectivity index (χ4v) is 1.46. The van der Waals surface area contributed by atoms with Gasteiger partial charge in [0.25, 0.3) is 0 Å². The van der Waals surface area contributed by atoms with Gasteiger partial charge in [0, 0.05) is 0 Å². The highest BCUT2D eigenvalue weighted by Gasteiger charge is 2.07. The number of aromatic nitrogens is 3. The van der Waals surface area contributed by atoms with Crippen LogP contribution >= 0.6 is 23.2 Å². The normalized spacial score (nSPS) is 10.6. The lowest BCUT2D eigenvalue weighted by molar-refractivity contribution is 0.459. The molecular formula is C7H3Cl2N3O. The molecule has 0 spiro atoms. The lowest BCUT2D eigenvalue weighted by atomic mass is 10.3. The number of nitrogens with zero attached hydrogens (tertiary/aromatic N) is 3. The van der Waals surface area contributed by atoms with E-state index in [-0.39, 0.29) is 16.2 Å². The summed E-state index contributed by atoms with van der Waals surface area (Å²) in [6, 6.07) is 1.46. The van der Waals surface area contributed by atoms with Crippen LogP contribution in [0.2, 0.25) is 10.3 Å². The van der Waals surface area contributed by atoms with Crippen molar-refractivity contribution in [2.75, 3.05) is 0 Å². The van der Waals surface area contributed by atoms with E-state index in [9.17, 15) is 5.11 Å². The standard InChI is InChI=1S/C7H3Cl2N3O/c8-4-1-3-5(6(9)12-4)10-2-11-7(3)13/h1-2H,(H,10,11,13). The summed E-state index contributed by atoms with van der Waals surface area (Å²) in [7, 11) is 0. The summed E-state index contributed by atoms with van der Waals surface area (Å²) in [5.41, 5.74) is 0.388. The van der Waals surface area contributed by atoms with Gasteiger partial charge in [0.1, 0.15) is 17.0 Å². The summed E-state index contributed by atoms with van der Waals surface area (Å²) in [4.78, 5) is 11.2. The minimum Gasteiger partial charge on any atom is -0.493 e. The SMILES string of the molecule is Oc1ncnc2c(Cl)nc(Cl)cc12. The maximum absolute atomic E-state index is 9.32. The molecule has 0 fully saturated rings. The second-order valence-corrected chi connectivity index (χ2v) is 3.07. The minimum absolute atomic E-state index is 0.153. The third-order valence-electron chi connectivity index (χ3n) is 1.53. The van der Waals surface area contributed by atoms with Crippen molar-refractivity contribution in [2.24, 2.45) is 0 Å². The molecule has 0 unspecified atom stereocenters. The van der Waals surface area contributed by atoms with Crippen molar-refractivity contribution in [3.8, 4) is 5.88 Å². The molecule has 0 aliphatic heterocycles. The first-order valence-corrected chi connectivity index (χ1v) is 4.10. The number of aromatic hydroxyl groups is 1. The quantitative estimate of drug-likeness (QED) is 0.684. The maximum Gasteiger partial charge on any atom is 0.222 e. The first kappa shape index (κ1) is 8.47. The van der Waals surface area contributed by atoms with Crippen molar-refractivity contribution >= 4 is 34.1 Å². The van der Waals surface area contributed by atoms with Gasteiger partial charge in [0.05, 0.1) is 5.39 Å². The van der Waals surface area contributed by atoms with Crippen molar-refractivity contribution in [1.29, 1.82) is 0 Å². The van der Waals surface area contributed by atoms with Crippen LogP contribution in [0, 0.1) is 0 Å². The number of hydrogen-bond donors (Lipinski definition) is 1. The fourth-order valence-electron chi connectivity index (χ4n) is 0.982. The van der Waals surface area contributed by atoms with E-state index in [0.29, 0.717) is 10.9 Å². The molecule has 6 heteroatoms. The molecular weight excluding hydrogens is 213 g/mol. The summed E-state index contributed by atoms with van der Waals surface area (Å²) in [5.74, 6) is -0.156. The van der Waals surface area contributed by atoms with Crippen molar-refractivity contribution in [2.45, 2.75) is 0 Å². The molecule has 0 amide bonds. The molecule has 0 radical (unpaired) electrons. The first-order chi connectivity index (χ1) is 6.18. The Hall–Kier alpha value is -1.13. The Kier molecular flexibility index (Phi) is 1.94. The van der Waals surface area contributed by atoms with Crippen LogP contribution in [0.3, 0.4) is 0 Å². The van der Waals surface area contributed by atoms with Crippen LogP contribution in [0.4, 0.5) is 0 Å². The third-order valence-corrected chi connectivity index (χ3v) is 1.98. The molecule has 0 saturated carbocycles. The van der Waals surface area contributed by atoms with Gasteiger partial charge >= 0.3 is 0 Å². The lowest BCUT2D eigenvalue weighted by Crippen LogP contribution is -1.87. The fraction of sp³-hybridized carbons (Fsp3) is 0. The van der Waals surface area contributed by atoms with Gasteiger partial charge in [0.2, 0.25) is 5.88 Å². The van der Waals surface area contributed by atoms with Crippen LogP contribution in [-0.4, -0.2) is 20.1 Å². The number of pyridine rings is 1. The Bertz CT molecular complexity index is 474. The van der Waals surface area contributed by atoms with Crippen molar-refractivity contribution in [3.63, 3.8) is 0 Å². The third kappa shape index (κ3) is 1.38. The van der Waals surface area contributed by atoms with E-state index < -0.39 is 0 Å². The highest BCUT2D eigenvalue weighted by Crippen LogP contribution is 2.27. The number of halogens is 2. The van der Waals surface area contributed by atoms with Gasteiger partial charge in [-0.25, -0.2) is 15.0 Å². The van der Waals surface area contributed by atoms with Crippen molar-refractivity contribution < 1.29 is 5.11 Å². The number of hydrogen-bond acceptors (Lipinski definition) is 4.